The second-order valence-electron chi connectivity index (χ2n) is 32.5. The summed E-state index contributed by atoms with van der Waals surface area (Å²) in [6.07, 6.45) is 11.0. The molecule has 1 saturated carbocycles. The van der Waals surface area contributed by atoms with E-state index in [1.54, 1.807) is 0 Å². The molecule has 9 aromatic carbocycles. The Hall–Kier alpha value is -8.79. The van der Waals surface area contributed by atoms with Gasteiger partial charge in [0.25, 0.3) is 0 Å². The molecule has 0 radical (unpaired) electrons. The van der Waals surface area contributed by atoms with E-state index in [2.05, 4.69) is 293 Å². The average molecular weight is 1320 g/mol. The molecule has 0 saturated heterocycles. The minimum Gasteiger partial charge on any atom is -0.201 e. The number of hydrogen-bond acceptors (Lipinski definition) is 0. The Morgan fingerprint density at radius 1 is 0.410 bits per heavy atom. The fraction of sp³-hybridized carbons (Fsp3) is 0.351. The predicted molar refractivity (Wildman–Crippen MR) is 425 cm³/mol. The van der Waals surface area contributed by atoms with Crippen molar-refractivity contribution in [2.24, 2.45) is 33.0 Å². The summed E-state index contributed by atoms with van der Waals surface area (Å²) in [5, 5.41) is 7.88. The summed E-state index contributed by atoms with van der Waals surface area (Å²) in [6, 6.07) is 66.4. The smallest absolute Gasteiger partial charge is 0.201 e. The fourth-order valence-electron chi connectivity index (χ4n) is 17.6. The molecule has 0 N–H and O–H groups in total. The van der Waals surface area contributed by atoms with Crippen molar-refractivity contribution in [1.82, 2.24) is 0 Å². The number of nitrogens with zero attached hydrogens (tertiary/aromatic N) is 3. The molecule has 0 spiro atoms. The third-order valence-corrected chi connectivity index (χ3v) is 24.6. The van der Waals surface area contributed by atoms with Crippen LogP contribution >= 0.6 is 0 Å². The lowest BCUT2D eigenvalue weighted by atomic mass is 9.53. The Labute approximate surface area is 606 Å². The third-order valence-electron chi connectivity index (χ3n) is 24.6. The summed E-state index contributed by atoms with van der Waals surface area (Å²) < 4.78 is 50.7. The molecular weight excluding hydrogens is 1210 g/mol. The molecule has 12 aromatic rings. The molecule has 100 heavy (non-hydrogen) atoms. The van der Waals surface area contributed by atoms with Crippen molar-refractivity contribution >= 4 is 32.3 Å². The van der Waals surface area contributed by atoms with Crippen LogP contribution in [0, 0.1) is 32.6 Å². The highest BCUT2D eigenvalue weighted by molar-refractivity contribution is 5.98. The van der Waals surface area contributed by atoms with Crippen molar-refractivity contribution < 1.29 is 20.6 Å². The number of benzene rings is 9. The second kappa shape index (κ2) is 26.3. The Morgan fingerprint density at radius 3 is 1.57 bits per heavy atom. The van der Waals surface area contributed by atoms with Crippen LogP contribution in [0.2, 0.25) is 0 Å². The van der Waals surface area contributed by atoms with Crippen LogP contribution in [0.4, 0.5) is 0 Å². The summed E-state index contributed by atoms with van der Waals surface area (Å²) in [6.45, 7) is 33.6. The van der Waals surface area contributed by atoms with Crippen LogP contribution < -0.4 is 13.7 Å². The van der Waals surface area contributed by atoms with Gasteiger partial charge in [0.1, 0.15) is 21.1 Å². The van der Waals surface area contributed by atoms with Gasteiger partial charge >= 0.3 is 0 Å². The van der Waals surface area contributed by atoms with Crippen molar-refractivity contribution in [2.75, 3.05) is 0 Å². The summed E-state index contributed by atoms with van der Waals surface area (Å²) in [5.41, 5.74) is 29.6. The van der Waals surface area contributed by atoms with Crippen LogP contribution in [0.3, 0.4) is 0 Å². The molecule has 0 bridgehead atoms. The number of fused-ring (bicyclic) bond motifs is 14. The maximum Gasteiger partial charge on any atom is 0.213 e. The van der Waals surface area contributed by atoms with Gasteiger partial charge in [-0.2, -0.15) is 0 Å². The first-order valence-corrected chi connectivity index (χ1v) is 37.1. The topological polar surface area (TPSA) is 11.6 Å². The molecule has 3 nitrogen and oxygen atoms in total. The van der Waals surface area contributed by atoms with Gasteiger partial charge in [-0.05, 0) is 226 Å². The number of aryl methyl sites for hydroxylation is 7. The van der Waals surface area contributed by atoms with Gasteiger partial charge in [-0.1, -0.05) is 243 Å². The minimum absolute atomic E-state index is 0.00680. The van der Waals surface area contributed by atoms with E-state index in [-0.39, 0.29) is 33.5 Å². The van der Waals surface area contributed by atoms with Crippen LogP contribution in [0.15, 0.2) is 201 Å². The zero-order valence-electron chi connectivity index (χ0n) is 68.0. The normalized spacial score (nSPS) is 17.1. The van der Waals surface area contributed by atoms with Crippen LogP contribution in [0.5, 0.6) is 0 Å². The van der Waals surface area contributed by atoms with E-state index >= 15 is 0 Å². The van der Waals surface area contributed by atoms with Gasteiger partial charge < -0.3 is 0 Å². The first-order valence-electron chi connectivity index (χ1n) is 39.6. The second-order valence-corrected chi connectivity index (χ2v) is 32.5. The Kier molecular flexibility index (Phi) is 16.4. The molecule has 0 atom stereocenters. The van der Waals surface area contributed by atoms with Gasteiger partial charge in [0.15, 0.2) is 18.6 Å². The van der Waals surface area contributed by atoms with Crippen molar-refractivity contribution in [3.63, 3.8) is 0 Å². The summed E-state index contributed by atoms with van der Waals surface area (Å²) in [7, 11) is 6.27. The number of hydrogen-bond donors (Lipinski definition) is 0. The predicted octanol–water partition coefficient (Wildman–Crippen LogP) is 23.6. The van der Waals surface area contributed by atoms with Crippen molar-refractivity contribution in [2.45, 2.75) is 189 Å². The number of pyridine rings is 3. The van der Waals surface area contributed by atoms with E-state index in [4.69, 9.17) is 4.11 Å². The number of aromatic nitrogens is 3. The highest BCUT2D eigenvalue weighted by atomic mass is 14.9. The standard InChI is InChI=1S/C36H42N.C32H36N.C29H30N/c1-24-16-18-30-29-19-17-27-14-10-11-15-28(27)33(29)35(2,3)36(4,5)34(30)32(24)31-23-26(20-21-37(31)6)22-25-12-8-7-9-13-25;1-20(2)22-13-14-33(8)30(18-22)25-19-27-26-16-23-11-9-10-12-24(23)17-29(26)32(6,7)31(4,5)28(27)15-21(25)3;1-19(2)17-21-15-16-30(4)28(18-21)29-20(3)9-11-26-25-12-10-22-7-5-6-8-23(22)24(25)13-14-27(26)29/h10-11,14-21,23,25H,7-9,12-13,22H2,1-6H3;9-20H,1-8H3;5-12,15-16,18-19H,13-14,17H2,1-4H3/q3*+1/i22D2;20D;17D2. The van der Waals surface area contributed by atoms with Crippen molar-refractivity contribution in [3.05, 3.63) is 267 Å². The highest BCUT2D eigenvalue weighted by Crippen LogP contribution is 2.59. The maximum absolute atomic E-state index is 9.20. The molecule has 4 aliphatic carbocycles. The Balaban J connectivity index is 0.000000133. The Bertz CT molecular complexity index is 5460. The van der Waals surface area contributed by atoms with E-state index in [0.717, 1.165) is 72.3 Å². The average Bonchev–Trinajstić information content (AvgIpc) is 0.805. The molecule has 3 heterocycles. The van der Waals surface area contributed by atoms with Gasteiger partial charge in [0.05, 0.1) is 11.1 Å². The third kappa shape index (κ3) is 11.8. The molecular formula is C97H108N3+3. The van der Waals surface area contributed by atoms with Gasteiger partial charge in [-0.25, -0.2) is 13.7 Å². The van der Waals surface area contributed by atoms with E-state index in [0.29, 0.717) is 0 Å². The van der Waals surface area contributed by atoms with Gasteiger partial charge in [-0.3, -0.25) is 0 Å². The molecule has 1 fully saturated rings. The zero-order valence-corrected chi connectivity index (χ0v) is 63.0. The summed E-state index contributed by atoms with van der Waals surface area (Å²) in [5.74, 6) is -0.634. The highest BCUT2D eigenvalue weighted by Gasteiger charge is 2.50. The minimum atomic E-state index is -1.36. The SMILES string of the molecule is [2H]C(C)(C)c1cc[n+](C)c(-c2cc3c(cc2C)C(C)(C)C(C)(C)c2cc4ccccc4cc2-3)c1.[2H]C([2H])(c1cc[n+](C)c(-c2c(C)ccc3c2C(C)(C)C(C)(C)c2c-3ccc3ccccc23)c1)C1CCCCC1.[2H]C([2H])(c1cc[n+](C)c(-c2c(C)ccc3c2CCc2c-3ccc3ccccc23)c1)C(C)C. The molecule has 0 amide bonds. The quantitative estimate of drug-likeness (QED) is 0.134. The monoisotopic (exact) mass is 1320 g/mol. The lowest BCUT2D eigenvalue weighted by Crippen LogP contribution is -2.45. The van der Waals surface area contributed by atoms with E-state index in [1.807, 2.05) is 46.0 Å². The van der Waals surface area contributed by atoms with Crippen LogP contribution in [0.1, 0.15) is 195 Å². The molecule has 3 heteroatoms. The maximum atomic E-state index is 9.20. The van der Waals surface area contributed by atoms with E-state index < -0.39 is 18.6 Å². The fourth-order valence-corrected chi connectivity index (χ4v) is 17.6. The van der Waals surface area contributed by atoms with E-state index in [1.165, 1.54) is 139 Å². The molecule has 0 aliphatic heterocycles. The molecule has 508 valence electrons. The van der Waals surface area contributed by atoms with Crippen molar-refractivity contribution in [1.29, 1.82) is 0 Å². The summed E-state index contributed by atoms with van der Waals surface area (Å²) in [4.78, 5) is 0. The first kappa shape index (κ1) is 62.2. The van der Waals surface area contributed by atoms with Gasteiger partial charge in [0, 0.05) is 59.6 Å². The van der Waals surface area contributed by atoms with Gasteiger partial charge in [-0.15, -0.1) is 0 Å². The van der Waals surface area contributed by atoms with Crippen LogP contribution in [0.25, 0.3) is 99.5 Å². The number of rotatable bonds is 8. The van der Waals surface area contributed by atoms with Gasteiger partial charge in [0.2, 0.25) is 17.1 Å². The molecule has 16 rings (SSSR count). The molecule has 3 aromatic heterocycles. The summed E-state index contributed by atoms with van der Waals surface area (Å²) >= 11 is 0. The first-order chi connectivity index (χ1) is 49.6. The lowest BCUT2D eigenvalue weighted by molar-refractivity contribution is -0.660. The van der Waals surface area contributed by atoms with Crippen LogP contribution in [-0.4, -0.2) is 0 Å². The van der Waals surface area contributed by atoms with Crippen molar-refractivity contribution in [3.8, 4) is 67.2 Å². The molecule has 4 aliphatic rings. The Morgan fingerprint density at radius 2 is 0.900 bits per heavy atom. The largest absolute Gasteiger partial charge is 0.213 e. The molecule has 0 unspecified atom stereocenters. The van der Waals surface area contributed by atoms with Crippen LogP contribution in [-0.2, 0) is 68.4 Å². The zero-order chi connectivity index (χ0) is 75.0. The van der Waals surface area contributed by atoms with E-state index in [9.17, 15) is 2.74 Å². The lowest BCUT2D eigenvalue weighted by Gasteiger charge is -2.49.